The van der Waals surface area contributed by atoms with E-state index >= 15 is 0 Å². The third-order valence-electron chi connectivity index (χ3n) is 3.23. The lowest BCUT2D eigenvalue weighted by molar-refractivity contribution is 0.102. The van der Waals surface area contributed by atoms with Crippen molar-refractivity contribution in [2.24, 2.45) is 0 Å². The first-order chi connectivity index (χ1) is 12.2. The summed E-state index contributed by atoms with van der Waals surface area (Å²) in [4.78, 5) is 12.3. The van der Waals surface area contributed by atoms with E-state index in [2.05, 4.69) is 15.5 Å². The second-order valence-corrected chi connectivity index (χ2v) is 5.94. The standard InChI is InChI=1S/C17H14FN3O3S/c1-23-13-8-4-2-6-11(13)16(22)19-17-21-20-15(25-17)10-24-14-9-5-3-7-12(14)18/h2-9H,10H2,1H3,(H,19,21,22). The molecule has 3 aromatic rings. The molecule has 25 heavy (non-hydrogen) atoms. The van der Waals surface area contributed by atoms with Gasteiger partial charge in [0.1, 0.15) is 12.4 Å². The number of carbonyl (C=O) groups excluding carboxylic acids is 1. The van der Waals surface area contributed by atoms with E-state index in [4.69, 9.17) is 9.47 Å². The molecule has 0 saturated carbocycles. The highest BCUT2D eigenvalue weighted by Crippen LogP contribution is 2.22. The first-order valence-electron chi connectivity index (χ1n) is 7.31. The number of benzene rings is 2. The van der Waals surface area contributed by atoms with Crippen LogP contribution in [-0.2, 0) is 6.61 Å². The minimum atomic E-state index is -0.447. The molecule has 2 aromatic carbocycles. The van der Waals surface area contributed by atoms with Gasteiger partial charge in [0.15, 0.2) is 16.6 Å². The molecule has 1 N–H and O–H groups in total. The Hall–Kier alpha value is -3.00. The number of halogens is 1. The molecular weight excluding hydrogens is 345 g/mol. The van der Waals surface area contributed by atoms with Crippen LogP contribution in [0.4, 0.5) is 9.52 Å². The molecule has 0 aliphatic carbocycles. The Labute approximate surface area is 147 Å². The van der Waals surface area contributed by atoms with Crippen molar-refractivity contribution in [3.8, 4) is 11.5 Å². The van der Waals surface area contributed by atoms with Crippen LogP contribution < -0.4 is 14.8 Å². The number of anilines is 1. The first kappa shape index (κ1) is 16.8. The van der Waals surface area contributed by atoms with E-state index in [-0.39, 0.29) is 18.3 Å². The Morgan fingerprint density at radius 3 is 2.60 bits per heavy atom. The molecule has 0 spiro atoms. The number of para-hydroxylation sites is 2. The molecule has 1 aromatic heterocycles. The summed E-state index contributed by atoms with van der Waals surface area (Å²) < 4.78 is 24.0. The summed E-state index contributed by atoms with van der Waals surface area (Å²) >= 11 is 1.15. The minimum Gasteiger partial charge on any atom is -0.496 e. The lowest BCUT2D eigenvalue weighted by Crippen LogP contribution is -2.12. The lowest BCUT2D eigenvalue weighted by Gasteiger charge is -2.06. The smallest absolute Gasteiger partial charge is 0.261 e. The van der Waals surface area contributed by atoms with E-state index in [9.17, 15) is 9.18 Å². The third-order valence-corrected chi connectivity index (χ3v) is 4.04. The van der Waals surface area contributed by atoms with Crippen molar-refractivity contribution in [2.45, 2.75) is 6.61 Å². The predicted octanol–water partition coefficient (Wildman–Crippen LogP) is 3.52. The SMILES string of the molecule is COc1ccccc1C(=O)Nc1nnc(COc2ccccc2F)s1. The monoisotopic (exact) mass is 359 g/mol. The molecule has 128 valence electrons. The molecule has 6 nitrogen and oxygen atoms in total. The Balaban J connectivity index is 1.63. The largest absolute Gasteiger partial charge is 0.496 e. The van der Waals surface area contributed by atoms with Crippen molar-refractivity contribution in [3.63, 3.8) is 0 Å². The van der Waals surface area contributed by atoms with Crippen LogP contribution in [0.25, 0.3) is 0 Å². The minimum absolute atomic E-state index is 0.0587. The van der Waals surface area contributed by atoms with E-state index in [1.54, 1.807) is 36.4 Å². The molecule has 0 saturated heterocycles. The molecule has 0 aliphatic rings. The van der Waals surface area contributed by atoms with E-state index in [1.807, 2.05) is 0 Å². The molecule has 1 amide bonds. The van der Waals surface area contributed by atoms with E-state index in [0.717, 1.165) is 11.3 Å². The fourth-order valence-electron chi connectivity index (χ4n) is 2.06. The van der Waals surface area contributed by atoms with Gasteiger partial charge in [0.25, 0.3) is 5.91 Å². The summed E-state index contributed by atoms with van der Waals surface area (Å²) in [5, 5.41) is 11.3. The van der Waals surface area contributed by atoms with Gasteiger partial charge in [-0.3, -0.25) is 10.1 Å². The van der Waals surface area contributed by atoms with Crippen LogP contribution in [0.2, 0.25) is 0 Å². The highest BCUT2D eigenvalue weighted by atomic mass is 32.1. The zero-order valence-corrected chi connectivity index (χ0v) is 14.0. The average molecular weight is 359 g/mol. The quantitative estimate of drug-likeness (QED) is 0.729. The van der Waals surface area contributed by atoms with E-state index in [0.29, 0.717) is 21.5 Å². The second-order valence-electron chi connectivity index (χ2n) is 4.87. The Kier molecular flexibility index (Phi) is 5.20. The summed E-state index contributed by atoms with van der Waals surface area (Å²) in [5.74, 6) is -0.197. The zero-order chi connectivity index (χ0) is 17.6. The first-order valence-corrected chi connectivity index (χ1v) is 8.13. The van der Waals surface area contributed by atoms with Gasteiger partial charge in [-0.1, -0.05) is 35.6 Å². The average Bonchev–Trinajstić information content (AvgIpc) is 3.08. The maximum atomic E-state index is 13.5. The van der Waals surface area contributed by atoms with Gasteiger partial charge in [0, 0.05) is 0 Å². The van der Waals surface area contributed by atoms with Crippen LogP contribution in [-0.4, -0.2) is 23.2 Å². The molecule has 0 aliphatic heterocycles. The molecular formula is C17H14FN3O3S. The number of nitrogens with zero attached hydrogens (tertiary/aromatic N) is 2. The van der Waals surface area contributed by atoms with Gasteiger partial charge < -0.3 is 9.47 Å². The second kappa shape index (κ2) is 7.71. The number of hydrogen-bond acceptors (Lipinski definition) is 6. The molecule has 0 unspecified atom stereocenters. The van der Waals surface area contributed by atoms with Gasteiger partial charge in [-0.2, -0.15) is 0 Å². The Morgan fingerprint density at radius 2 is 1.84 bits per heavy atom. The maximum absolute atomic E-state index is 13.5. The molecule has 0 radical (unpaired) electrons. The van der Waals surface area contributed by atoms with Gasteiger partial charge in [-0.15, -0.1) is 10.2 Å². The van der Waals surface area contributed by atoms with Crippen LogP contribution in [0.15, 0.2) is 48.5 Å². The molecule has 1 heterocycles. The fraction of sp³-hybridized carbons (Fsp3) is 0.118. The number of rotatable bonds is 6. The van der Waals surface area contributed by atoms with Crippen LogP contribution in [0.3, 0.4) is 0 Å². The molecule has 8 heteroatoms. The summed E-state index contributed by atoms with van der Waals surface area (Å²) in [6.07, 6.45) is 0. The molecule has 3 rings (SSSR count). The predicted molar refractivity (Wildman–Crippen MR) is 91.6 cm³/mol. The van der Waals surface area contributed by atoms with Crippen molar-refractivity contribution < 1.29 is 18.7 Å². The Morgan fingerprint density at radius 1 is 1.12 bits per heavy atom. The number of aromatic nitrogens is 2. The van der Waals surface area contributed by atoms with Gasteiger partial charge >= 0.3 is 0 Å². The van der Waals surface area contributed by atoms with Crippen molar-refractivity contribution in [2.75, 3.05) is 12.4 Å². The van der Waals surface area contributed by atoms with Gasteiger partial charge in [0.2, 0.25) is 5.13 Å². The number of nitrogens with one attached hydrogen (secondary N) is 1. The Bertz CT molecular complexity index is 885. The topological polar surface area (TPSA) is 73.3 Å². The van der Waals surface area contributed by atoms with E-state index < -0.39 is 5.82 Å². The van der Waals surface area contributed by atoms with Crippen molar-refractivity contribution in [1.82, 2.24) is 10.2 Å². The number of methoxy groups -OCH3 is 1. The van der Waals surface area contributed by atoms with Gasteiger partial charge in [-0.25, -0.2) is 4.39 Å². The van der Waals surface area contributed by atoms with E-state index in [1.165, 1.54) is 19.2 Å². The van der Waals surface area contributed by atoms with Crippen molar-refractivity contribution in [3.05, 3.63) is 64.9 Å². The van der Waals surface area contributed by atoms with Crippen LogP contribution in [0.5, 0.6) is 11.5 Å². The lowest BCUT2D eigenvalue weighted by atomic mass is 10.2. The molecule has 0 fully saturated rings. The summed E-state index contributed by atoms with van der Waals surface area (Å²) in [6.45, 7) is 0.0587. The summed E-state index contributed by atoms with van der Waals surface area (Å²) in [7, 11) is 1.50. The number of ether oxygens (including phenoxy) is 2. The normalized spacial score (nSPS) is 10.3. The van der Waals surface area contributed by atoms with Crippen molar-refractivity contribution in [1.29, 1.82) is 0 Å². The van der Waals surface area contributed by atoms with Crippen LogP contribution in [0, 0.1) is 5.82 Å². The molecule has 0 atom stereocenters. The fourth-order valence-corrected chi connectivity index (χ4v) is 2.71. The number of carbonyl (C=O) groups is 1. The molecule has 0 bridgehead atoms. The van der Waals surface area contributed by atoms with Gasteiger partial charge in [0.05, 0.1) is 12.7 Å². The number of amides is 1. The zero-order valence-electron chi connectivity index (χ0n) is 13.2. The maximum Gasteiger partial charge on any atom is 0.261 e. The number of hydrogen-bond donors (Lipinski definition) is 1. The highest BCUT2D eigenvalue weighted by Gasteiger charge is 2.14. The van der Waals surface area contributed by atoms with Gasteiger partial charge in [-0.05, 0) is 24.3 Å². The van der Waals surface area contributed by atoms with Crippen molar-refractivity contribution >= 4 is 22.4 Å². The summed E-state index contributed by atoms with van der Waals surface area (Å²) in [5.41, 5.74) is 0.393. The summed E-state index contributed by atoms with van der Waals surface area (Å²) in [6, 6.07) is 13.0. The van der Waals surface area contributed by atoms with Crippen LogP contribution >= 0.6 is 11.3 Å². The third kappa shape index (κ3) is 4.10. The van der Waals surface area contributed by atoms with Crippen LogP contribution in [0.1, 0.15) is 15.4 Å². The highest BCUT2D eigenvalue weighted by molar-refractivity contribution is 7.15.